The number of carbonyl (C=O) groups is 6. The van der Waals surface area contributed by atoms with Crippen molar-refractivity contribution in [2.24, 2.45) is 0 Å². The van der Waals surface area contributed by atoms with Crippen molar-refractivity contribution in [3.63, 3.8) is 0 Å². The summed E-state index contributed by atoms with van der Waals surface area (Å²) in [6, 6.07) is 0. The zero-order chi connectivity index (χ0) is 16.9. The van der Waals surface area contributed by atoms with E-state index in [1.807, 2.05) is 0 Å². The number of nitrogens with one attached hydrogen (secondary N) is 2. The quantitative estimate of drug-likeness (QED) is 0.457. The molecule has 0 aromatic carbocycles. The molecular weight excluding hydrogens is 296 g/mol. The highest BCUT2D eigenvalue weighted by Crippen LogP contribution is 2.05. The zero-order valence-electron chi connectivity index (χ0n) is 12.2. The topological polar surface area (TPSA) is 133 Å². The third-order valence-corrected chi connectivity index (χ3v) is 2.85. The normalized spacial score (nSPS) is 18.1. The molecule has 10 nitrogen and oxygen atoms in total. The van der Waals surface area contributed by atoms with Crippen molar-refractivity contribution in [2.45, 2.75) is 13.8 Å². The Kier molecular flexibility index (Phi) is 5.72. The molecule has 120 valence electrons. The monoisotopic (exact) mass is 312 g/mol. The van der Waals surface area contributed by atoms with E-state index in [2.05, 4.69) is 10.6 Å². The molecule has 0 radical (unpaired) electrons. The Hall–Kier alpha value is -2.78. The summed E-state index contributed by atoms with van der Waals surface area (Å²) >= 11 is 0. The molecule has 0 aliphatic carbocycles. The molecule has 0 atom stereocenters. The van der Waals surface area contributed by atoms with Gasteiger partial charge in [-0.1, -0.05) is 0 Å². The smallest absolute Gasteiger partial charge is 0.309 e. The van der Waals surface area contributed by atoms with Crippen LogP contribution >= 0.6 is 0 Å². The van der Waals surface area contributed by atoms with E-state index in [1.165, 1.54) is 13.8 Å². The van der Waals surface area contributed by atoms with Gasteiger partial charge in [0.2, 0.25) is 23.6 Å². The lowest BCUT2D eigenvalue weighted by molar-refractivity contribution is -0.161. The molecule has 2 aliphatic rings. The van der Waals surface area contributed by atoms with Gasteiger partial charge < -0.3 is 10.6 Å². The molecule has 22 heavy (non-hydrogen) atoms. The summed E-state index contributed by atoms with van der Waals surface area (Å²) < 4.78 is 0. The van der Waals surface area contributed by atoms with Crippen molar-refractivity contribution in [1.29, 1.82) is 0 Å². The number of hydrogen-bond acceptors (Lipinski definition) is 6. The predicted octanol–water partition coefficient (Wildman–Crippen LogP) is -3.02. The van der Waals surface area contributed by atoms with Crippen molar-refractivity contribution >= 4 is 35.4 Å². The summed E-state index contributed by atoms with van der Waals surface area (Å²) in [7, 11) is 0. The largest absolute Gasteiger partial charge is 0.346 e. The van der Waals surface area contributed by atoms with Gasteiger partial charge >= 0.3 is 11.8 Å². The number of carbonyl (C=O) groups excluding carboxylic acids is 6. The van der Waals surface area contributed by atoms with Crippen molar-refractivity contribution < 1.29 is 28.8 Å². The zero-order valence-corrected chi connectivity index (χ0v) is 12.2. The molecule has 2 saturated heterocycles. The molecule has 0 bridgehead atoms. The molecule has 2 aliphatic heterocycles. The van der Waals surface area contributed by atoms with Crippen LogP contribution in [0.2, 0.25) is 0 Å². The maximum absolute atomic E-state index is 11.3. The summed E-state index contributed by atoms with van der Waals surface area (Å²) in [6.45, 7) is 2.82. The van der Waals surface area contributed by atoms with Crippen LogP contribution in [0.3, 0.4) is 0 Å². The average molecular weight is 312 g/mol. The molecule has 2 rings (SSSR count). The Labute approximate surface area is 125 Å². The maximum atomic E-state index is 11.3. The Morgan fingerprint density at radius 1 is 0.773 bits per heavy atom. The van der Waals surface area contributed by atoms with Crippen LogP contribution in [-0.4, -0.2) is 71.4 Å². The van der Waals surface area contributed by atoms with E-state index in [0.717, 1.165) is 9.80 Å². The highest BCUT2D eigenvalue weighted by atomic mass is 16.2. The number of imide groups is 2. The Bertz CT molecular complexity index is 496. The lowest BCUT2D eigenvalue weighted by atomic mass is 10.3. The van der Waals surface area contributed by atoms with Crippen LogP contribution in [0.1, 0.15) is 13.8 Å². The summed E-state index contributed by atoms with van der Waals surface area (Å²) in [4.78, 5) is 66.5. The second-order valence-corrected chi connectivity index (χ2v) is 4.51. The fourth-order valence-corrected chi connectivity index (χ4v) is 1.70. The fourth-order valence-electron chi connectivity index (χ4n) is 1.70. The van der Waals surface area contributed by atoms with Gasteiger partial charge in [-0.15, -0.1) is 0 Å². The van der Waals surface area contributed by atoms with E-state index < -0.39 is 35.4 Å². The van der Waals surface area contributed by atoms with Gasteiger partial charge in [0, 0.05) is 26.9 Å². The van der Waals surface area contributed by atoms with Crippen LogP contribution in [0.25, 0.3) is 0 Å². The minimum Gasteiger partial charge on any atom is -0.346 e. The number of amides is 6. The SMILES string of the molecule is CC(=O)N1CC(=O)N(C(C)=O)CC1=O.O=C1NCCNC1=O. The summed E-state index contributed by atoms with van der Waals surface area (Å²) in [5, 5.41) is 4.76. The Balaban J connectivity index is 0.000000255. The van der Waals surface area contributed by atoms with E-state index in [1.54, 1.807) is 0 Å². The molecule has 2 fully saturated rings. The van der Waals surface area contributed by atoms with Gasteiger partial charge in [0.15, 0.2) is 0 Å². The van der Waals surface area contributed by atoms with Gasteiger partial charge in [0.1, 0.15) is 13.1 Å². The number of piperazine rings is 2. The van der Waals surface area contributed by atoms with Crippen LogP contribution in [0.5, 0.6) is 0 Å². The lowest BCUT2D eigenvalue weighted by Gasteiger charge is -2.29. The van der Waals surface area contributed by atoms with Crippen LogP contribution in [-0.2, 0) is 28.8 Å². The molecule has 2 N–H and O–H groups in total. The van der Waals surface area contributed by atoms with Crippen LogP contribution < -0.4 is 10.6 Å². The maximum Gasteiger partial charge on any atom is 0.309 e. The Morgan fingerprint density at radius 3 is 1.32 bits per heavy atom. The van der Waals surface area contributed by atoms with Gasteiger partial charge in [0.25, 0.3) is 0 Å². The summed E-state index contributed by atoms with van der Waals surface area (Å²) in [5.74, 6) is -3.06. The van der Waals surface area contributed by atoms with Gasteiger partial charge in [-0.3, -0.25) is 38.6 Å². The average Bonchev–Trinajstić information content (AvgIpc) is 2.44. The number of hydrogen-bond donors (Lipinski definition) is 2. The third-order valence-electron chi connectivity index (χ3n) is 2.85. The first-order chi connectivity index (χ1) is 10.2. The van der Waals surface area contributed by atoms with Crippen LogP contribution in [0.15, 0.2) is 0 Å². The van der Waals surface area contributed by atoms with Gasteiger partial charge in [-0.05, 0) is 0 Å². The van der Waals surface area contributed by atoms with Crippen molar-refractivity contribution in [3.8, 4) is 0 Å². The van der Waals surface area contributed by atoms with Crippen molar-refractivity contribution in [1.82, 2.24) is 20.4 Å². The second-order valence-electron chi connectivity index (χ2n) is 4.51. The van der Waals surface area contributed by atoms with E-state index in [4.69, 9.17) is 0 Å². The minimum atomic E-state index is -0.531. The molecule has 6 amide bonds. The molecule has 10 heteroatoms. The van der Waals surface area contributed by atoms with Gasteiger partial charge in [-0.2, -0.15) is 0 Å². The molecule has 0 unspecified atom stereocenters. The molecular formula is C12H16N4O6. The van der Waals surface area contributed by atoms with E-state index in [-0.39, 0.29) is 13.1 Å². The first-order valence-electron chi connectivity index (χ1n) is 6.42. The minimum absolute atomic E-state index is 0.340. The molecule has 0 aromatic rings. The molecule has 0 aromatic heterocycles. The predicted molar refractivity (Wildman–Crippen MR) is 70.8 cm³/mol. The summed E-state index contributed by atoms with van der Waals surface area (Å²) in [5.41, 5.74) is 0. The van der Waals surface area contributed by atoms with Crippen molar-refractivity contribution in [3.05, 3.63) is 0 Å². The van der Waals surface area contributed by atoms with Crippen LogP contribution in [0, 0.1) is 0 Å². The highest BCUT2D eigenvalue weighted by Gasteiger charge is 2.33. The first kappa shape index (κ1) is 17.3. The van der Waals surface area contributed by atoms with Gasteiger partial charge in [-0.25, -0.2) is 0 Å². The lowest BCUT2D eigenvalue weighted by Crippen LogP contribution is -2.56. The van der Waals surface area contributed by atoms with E-state index >= 15 is 0 Å². The van der Waals surface area contributed by atoms with Crippen molar-refractivity contribution in [2.75, 3.05) is 26.2 Å². The van der Waals surface area contributed by atoms with E-state index in [9.17, 15) is 28.8 Å². The number of rotatable bonds is 0. The molecule has 2 heterocycles. The molecule has 0 spiro atoms. The summed E-state index contributed by atoms with van der Waals surface area (Å²) in [6.07, 6.45) is 0. The Morgan fingerprint density at radius 2 is 1.09 bits per heavy atom. The second kappa shape index (κ2) is 7.29. The fraction of sp³-hybridized carbons (Fsp3) is 0.500. The van der Waals surface area contributed by atoms with Gasteiger partial charge in [0.05, 0.1) is 0 Å². The highest BCUT2D eigenvalue weighted by molar-refractivity contribution is 6.35. The third kappa shape index (κ3) is 4.36. The molecule has 0 saturated carbocycles. The standard InChI is InChI=1S/C8H10N2O4.C4H6N2O2/c1-5(11)9-3-8(14)10(6(2)12)4-7(9)13;7-3-4(8)6-2-1-5-3/h3-4H2,1-2H3;1-2H2,(H,5,7)(H,6,8). The van der Waals surface area contributed by atoms with E-state index in [0.29, 0.717) is 13.1 Å². The first-order valence-corrected chi connectivity index (χ1v) is 6.42. The number of nitrogens with zero attached hydrogens (tertiary/aromatic N) is 2. The van der Waals surface area contributed by atoms with Crippen LogP contribution in [0.4, 0.5) is 0 Å².